The van der Waals surface area contributed by atoms with Gasteiger partial charge in [0.25, 0.3) is 10.0 Å². The van der Waals surface area contributed by atoms with Crippen molar-refractivity contribution in [2.45, 2.75) is 43.6 Å². The maximum absolute atomic E-state index is 12.5. The Morgan fingerprint density at radius 1 is 1.00 bits per heavy atom. The van der Waals surface area contributed by atoms with Gasteiger partial charge in [-0.1, -0.05) is 6.07 Å². The number of nitrogens with one attached hydrogen (secondary N) is 2. The molecule has 0 saturated carbocycles. The zero-order valence-electron chi connectivity index (χ0n) is 16.9. The van der Waals surface area contributed by atoms with Crippen molar-refractivity contribution in [1.82, 2.24) is 14.7 Å². The average molecular weight is 441 g/mol. The Morgan fingerprint density at radius 2 is 1.62 bits per heavy atom. The number of aromatic nitrogens is 2. The van der Waals surface area contributed by atoms with Gasteiger partial charge in [0.1, 0.15) is 5.82 Å². The molecule has 0 bridgehead atoms. The number of aryl methyl sites for hydroxylation is 2. The van der Waals surface area contributed by atoms with E-state index in [9.17, 15) is 13.2 Å². The molecule has 1 heterocycles. The van der Waals surface area contributed by atoms with E-state index < -0.39 is 16.1 Å². The van der Waals surface area contributed by atoms with Gasteiger partial charge in [-0.3, -0.25) is 0 Å². The van der Waals surface area contributed by atoms with Gasteiger partial charge in [0.05, 0.1) is 12.4 Å². The molecule has 2 aliphatic rings. The van der Waals surface area contributed by atoms with E-state index in [4.69, 9.17) is 0 Å². The molecule has 0 fully saturated rings. The fraction of sp³-hybridized carbons (Fsp3) is 0.421. The molecule has 2 aromatic rings. The maximum Gasteiger partial charge on any atom is 0.333 e. The van der Waals surface area contributed by atoms with Gasteiger partial charge in [0.15, 0.2) is 5.03 Å². The quantitative estimate of drug-likeness (QED) is 0.701. The molecule has 149 valence electrons. The van der Waals surface area contributed by atoms with Crippen LogP contribution < -0.4 is 14.9 Å². The number of sulfonamides is 1. The first kappa shape index (κ1) is 22.6. The standard InChI is InChI=1S/C19H23N5O3S.K/c1-24(2)16-10-21-17(11-20-16)28(26,27)23-19(25)22-18-14-7-3-5-12(14)9-13-6-4-8-15(13)18;/h9-11H,3-8H2,1-2H3,(H2,22,23,25);. The smallest absolute Gasteiger partial charge is 0.333 e. The minimum absolute atomic E-state index is 0. The van der Waals surface area contributed by atoms with E-state index in [1.54, 1.807) is 19.0 Å². The van der Waals surface area contributed by atoms with E-state index in [2.05, 4.69) is 26.1 Å². The second-order valence-corrected chi connectivity index (χ2v) is 9.03. The van der Waals surface area contributed by atoms with Crippen LogP contribution in [0.5, 0.6) is 0 Å². The molecule has 2 N–H and O–H groups in total. The van der Waals surface area contributed by atoms with Gasteiger partial charge >= 0.3 is 6.03 Å². The molecule has 2 aliphatic carbocycles. The molecular weight excluding hydrogens is 417 g/mol. The van der Waals surface area contributed by atoms with Crippen molar-refractivity contribution in [1.29, 1.82) is 0 Å². The van der Waals surface area contributed by atoms with E-state index in [0.29, 0.717) is 5.82 Å². The monoisotopic (exact) mass is 440 g/mol. The second-order valence-electron chi connectivity index (χ2n) is 7.40. The van der Waals surface area contributed by atoms with Crippen molar-refractivity contribution in [3.8, 4) is 0 Å². The molecule has 29 heavy (non-hydrogen) atoms. The maximum atomic E-state index is 12.5. The number of fused-ring (bicyclic) bond motifs is 2. The molecule has 8 nitrogen and oxygen atoms in total. The second kappa shape index (κ2) is 8.99. The average Bonchev–Trinajstić information content (AvgIpc) is 3.30. The number of urea groups is 1. The molecule has 0 unspecified atom stereocenters. The van der Waals surface area contributed by atoms with Gasteiger partial charge < -0.3 is 10.2 Å². The summed E-state index contributed by atoms with van der Waals surface area (Å²) in [7, 11) is -0.548. The summed E-state index contributed by atoms with van der Waals surface area (Å²) in [6.07, 6.45) is 8.43. The number of amides is 2. The van der Waals surface area contributed by atoms with E-state index in [1.165, 1.54) is 17.3 Å². The fourth-order valence-electron chi connectivity index (χ4n) is 3.96. The number of nitrogens with zero attached hydrogens (tertiary/aromatic N) is 3. The van der Waals surface area contributed by atoms with Crippen LogP contribution in [0.15, 0.2) is 23.5 Å². The first-order chi connectivity index (χ1) is 13.3. The summed E-state index contributed by atoms with van der Waals surface area (Å²) >= 11 is 0. The van der Waals surface area contributed by atoms with E-state index in [0.717, 1.165) is 61.5 Å². The molecule has 2 amide bonds. The third-order valence-electron chi connectivity index (χ3n) is 5.29. The molecular formula is C19H23KN5O3S. The molecule has 0 saturated heterocycles. The molecule has 1 aromatic heterocycles. The van der Waals surface area contributed by atoms with Gasteiger partial charge in [-0.2, -0.15) is 8.42 Å². The van der Waals surface area contributed by atoms with Crippen LogP contribution in [0.25, 0.3) is 0 Å². The van der Waals surface area contributed by atoms with Gasteiger partial charge in [0, 0.05) is 71.2 Å². The Labute approximate surface area is 213 Å². The fourth-order valence-corrected chi connectivity index (χ4v) is 4.74. The SMILES string of the molecule is CN(C)c1cnc(S(=O)(=O)NC(=O)Nc2c3c(cc4c2CCC4)CCC3)cn1.[K]. The first-order valence-electron chi connectivity index (χ1n) is 9.35. The van der Waals surface area contributed by atoms with Crippen LogP contribution in [0.3, 0.4) is 0 Å². The number of carbonyl (C=O) groups is 1. The number of rotatable bonds is 4. The van der Waals surface area contributed by atoms with Gasteiger partial charge in [-0.25, -0.2) is 19.5 Å². The summed E-state index contributed by atoms with van der Waals surface area (Å²) in [5, 5.41) is 2.52. The summed E-state index contributed by atoms with van der Waals surface area (Å²) < 4.78 is 27.0. The number of anilines is 2. The van der Waals surface area contributed by atoms with Gasteiger partial charge in [-0.05, 0) is 60.8 Å². The van der Waals surface area contributed by atoms with Crippen LogP contribution in [0.1, 0.15) is 35.1 Å². The first-order valence-corrected chi connectivity index (χ1v) is 10.8. The van der Waals surface area contributed by atoms with Gasteiger partial charge in [0.2, 0.25) is 0 Å². The Hall–Kier alpha value is -1.04. The van der Waals surface area contributed by atoms with Crippen molar-refractivity contribution >= 4 is 78.9 Å². The number of hydrogen-bond donors (Lipinski definition) is 2. The van der Waals surface area contributed by atoms with Crippen molar-refractivity contribution in [2.24, 2.45) is 0 Å². The molecule has 0 aliphatic heterocycles. The zero-order chi connectivity index (χ0) is 19.9. The van der Waals surface area contributed by atoms with Gasteiger partial charge in [-0.15, -0.1) is 0 Å². The predicted molar refractivity (Wildman–Crippen MR) is 112 cm³/mol. The number of benzene rings is 1. The number of carbonyl (C=O) groups excluding carboxylic acids is 1. The molecule has 0 spiro atoms. The summed E-state index contributed by atoms with van der Waals surface area (Å²) in [5.74, 6) is 0.527. The van der Waals surface area contributed by atoms with Crippen molar-refractivity contribution < 1.29 is 13.2 Å². The zero-order valence-corrected chi connectivity index (χ0v) is 20.9. The summed E-state index contributed by atoms with van der Waals surface area (Å²) in [5.41, 5.74) is 5.61. The van der Waals surface area contributed by atoms with Crippen LogP contribution in [-0.4, -0.2) is 89.9 Å². The van der Waals surface area contributed by atoms with Crippen LogP contribution >= 0.6 is 0 Å². The van der Waals surface area contributed by atoms with Crippen LogP contribution in [0.2, 0.25) is 0 Å². The Morgan fingerprint density at radius 3 is 2.14 bits per heavy atom. The predicted octanol–water partition coefficient (Wildman–Crippen LogP) is 1.65. The topological polar surface area (TPSA) is 104 Å². The molecule has 0 atom stereocenters. The molecule has 1 radical (unpaired) electrons. The van der Waals surface area contributed by atoms with E-state index >= 15 is 0 Å². The molecule has 4 rings (SSSR count). The van der Waals surface area contributed by atoms with Crippen LogP contribution in [-0.2, 0) is 35.7 Å². The third-order valence-corrected chi connectivity index (χ3v) is 6.50. The van der Waals surface area contributed by atoms with Crippen LogP contribution in [0.4, 0.5) is 16.3 Å². The summed E-state index contributed by atoms with van der Waals surface area (Å²) in [4.78, 5) is 22.2. The minimum atomic E-state index is -4.10. The van der Waals surface area contributed by atoms with Crippen molar-refractivity contribution in [2.75, 3.05) is 24.3 Å². The Kier molecular flexibility index (Phi) is 7.01. The third kappa shape index (κ3) is 4.67. The van der Waals surface area contributed by atoms with Crippen molar-refractivity contribution in [3.05, 3.63) is 40.7 Å². The molecule has 10 heteroatoms. The largest absolute Gasteiger partial charge is 0.361 e. The van der Waals surface area contributed by atoms with E-state index in [-0.39, 0.29) is 56.4 Å². The molecule has 1 aromatic carbocycles. The normalized spacial score (nSPS) is 14.6. The Balaban J connectivity index is 0.00000240. The summed E-state index contributed by atoms with van der Waals surface area (Å²) in [6, 6.07) is 1.49. The van der Waals surface area contributed by atoms with Crippen LogP contribution in [0, 0.1) is 0 Å². The van der Waals surface area contributed by atoms with E-state index in [1.807, 2.05) is 0 Å². The van der Waals surface area contributed by atoms with Crippen molar-refractivity contribution in [3.63, 3.8) is 0 Å². The minimum Gasteiger partial charge on any atom is -0.361 e. The number of hydrogen-bond acceptors (Lipinski definition) is 6. The Bertz CT molecular complexity index is 1010. The summed E-state index contributed by atoms with van der Waals surface area (Å²) in [6.45, 7) is 0.